The van der Waals surface area contributed by atoms with Crippen LogP contribution in [0.5, 0.6) is 5.75 Å². The van der Waals surface area contributed by atoms with Gasteiger partial charge in [0.1, 0.15) is 5.75 Å². The molecule has 11 heteroatoms. The monoisotopic (exact) mass is 475 g/mol. The third kappa shape index (κ3) is 5.93. The van der Waals surface area contributed by atoms with Crippen molar-refractivity contribution in [1.82, 2.24) is 9.21 Å². The van der Waals surface area contributed by atoms with E-state index in [4.69, 9.17) is 4.74 Å². The van der Waals surface area contributed by atoms with E-state index >= 15 is 0 Å². The summed E-state index contributed by atoms with van der Waals surface area (Å²) in [7, 11) is -3.94. The van der Waals surface area contributed by atoms with Gasteiger partial charge in [0.15, 0.2) is 0 Å². The van der Waals surface area contributed by atoms with E-state index in [1.807, 2.05) is 19.1 Å². The maximum Gasteiger partial charge on any atom is 0.311 e. The zero-order valence-corrected chi connectivity index (χ0v) is 19.2. The number of rotatable bonds is 7. The van der Waals surface area contributed by atoms with Gasteiger partial charge in [0.05, 0.1) is 16.2 Å². The zero-order chi connectivity index (χ0) is 24.2. The molecule has 0 aliphatic carbocycles. The number of amides is 1. The molecule has 2 aromatic carbocycles. The van der Waals surface area contributed by atoms with Crippen LogP contribution in [-0.4, -0.2) is 60.6 Å². The van der Waals surface area contributed by atoms with Crippen molar-refractivity contribution in [3.63, 3.8) is 0 Å². The molecule has 0 unspecified atom stereocenters. The van der Waals surface area contributed by atoms with E-state index in [2.05, 4.69) is 0 Å². The summed E-state index contributed by atoms with van der Waals surface area (Å²) in [6, 6.07) is 10.7. The van der Waals surface area contributed by atoms with Crippen LogP contribution in [0, 0.1) is 24.0 Å². The third-order valence-corrected chi connectivity index (χ3v) is 7.43. The molecule has 0 bridgehead atoms. The summed E-state index contributed by atoms with van der Waals surface area (Å²) in [5, 5.41) is 11.0. The maximum absolute atomic E-state index is 13.0. The fraction of sp³-hybridized carbons (Fsp3) is 0.364. The van der Waals surface area contributed by atoms with E-state index in [-0.39, 0.29) is 55.5 Å². The van der Waals surface area contributed by atoms with E-state index in [0.29, 0.717) is 11.3 Å². The molecule has 0 radical (unpaired) electrons. The average Bonchev–Trinajstić information content (AvgIpc) is 2.79. The zero-order valence-electron chi connectivity index (χ0n) is 18.4. The first-order valence-corrected chi connectivity index (χ1v) is 11.8. The van der Waals surface area contributed by atoms with E-state index in [0.717, 1.165) is 11.6 Å². The van der Waals surface area contributed by atoms with Crippen LogP contribution in [0.15, 0.2) is 47.4 Å². The number of carbonyl (C=O) groups excluding carboxylic acids is 2. The number of esters is 1. The van der Waals surface area contributed by atoms with E-state index in [1.165, 1.54) is 21.3 Å². The minimum atomic E-state index is -3.94. The van der Waals surface area contributed by atoms with Crippen molar-refractivity contribution in [3.8, 4) is 5.75 Å². The van der Waals surface area contributed by atoms with Gasteiger partial charge in [0.25, 0.3) is 5.69 Å². The number of carbonyl (C=O) groups is 2. The van der Waals surface area contributed by atoms with Crippen molar-refractivity contribution in [1.29, 1.82) is 0 Å². The Balaban J connectivity index is 1.54. The fourth-order valence-electron chi connectivity index (χ4n) is 3.45. The highest BCUT2D eigenvalue weighted by Crippen LogP contribution is 2.25. The molecule has 1 amide bonds. The number of nitro benzene ring substituents is 1. The van der Waals surface area contributed by atoms with Gasteiger partial charge in [-0.05, 0) is 31.5 Å². The number of aryl methyl sites for hydroxylation is 2. The average molecular weight is 476 g/mol. The molecule has 1 aliphatic heterocycles. The fourth-order valence-corrected chi connectivity index (χ4v) is 5.12. The normalized spacial score (nSPS) is 14.7. The lowest BCUT2D eigenvalue weighted by atomic mass is 10.2. The van der Waals surface area contributed by atoms with Crippen molar-refractivity contribution in [2.45, 2.75) is 31.6 Å². The second kappa shape index (κ2) is 10.1. The highest BCUT2D eigenvalue weighted by Gasteiger charge is 2.32. The Morgan fingerprint density at radius 3 is 2.24 bits per heavy atom. The third-order valence-electron chi connectivity index (χ3n) is 5.39. The predicted octanol–water partition coefficient (Wildman–Crippen LogP) is 2.43. The van der Waals surface area contributed by atoms with Crippen molar-refractivity contribution >= 4 is 27.6 Å². The Labute approximate surface area is 192 Å². The molecule has 0 spiro atoms. The van der Waals surface area contributed by atoms with Crippen LogP contribution in [0.3, 0.4) is 0 Å². The summed E-state index contributed by atoms with van der Waals surface area (Å²) < 4.78 is 32.4. The van der Waals surface area contributed by atoms with Crippen molar-refractivity contribution in [3.05, 3.63) is 63.7 Å². The summed E-state index contributed by atoms with van der Waals surface area (Å²) in [5.41, 5.74) is 1.14. The van der Waals surface area contributed by atoms with Crippen LogP contribution in [0.1, 0.15) is 24.0 Å². The van der Waals surface area contributed by atoms with Crippen LogP contribution < -0.4 is 4.74 Å². The Bertz CT molecular complexity index is 1160. The molecule has 10 nitrogen and oxygen atoms in total. The first-order chi connectivity index (χ1) is 15.6. The molecule has 1 saturated heterocycles. The number of nitrogens with zero attached hydrogens (tertiary/aromatic N) is 3. The number of piperazine rings is 1. The van der Waals surface area contributed by atoms with Gasteiger partial charge in [-0.1, -0.05) is 23.8 Å². The van der Waals surface area contributed by atoms with Gasteiger partial charge in [-0.25, -0.2) is 8.42 Å². The number of benzene rings is 2. The van der Waals surface area contributed by atoms with Gasteiger partial charge >= 0.3 is 5.97 Å². The van der Waals surface area contributed by atoms with E-state index in [1.54, 1.807) is 19.1 Å². The Morgan fingerprint density at radius 2 is 1.64 bits per heavy atom. The molecule has 176 valence electrons. The number of ether oxygens (including phenoxy) is 1. The van der Waals surface area contributed by atoms with Crippen molar-refractivity contribution < 1.29 is 27.7 Å². The first kappa shape index (κ1) is 24.3. The molecule has 1 aliphatic rings. The topological polar surface area (TPSA) is 127 Å². The molecule has 3 rings (SSSR count). The van der Waals surface area contributed by atoms with Crippen LogP contribution in [0.25, 0.3) is 0 Å². The highest BCUT2D eigenvalue weighted by molar-refractivity contribution is 7.89. The van der Waals surface area contributed by atoms with E-state index < -0.39 is 20.9 Å². The summed E-state index contributed by atoms with van der Waals surface area (Å²) in [6.45, 7) is 3.94. The molecular weight excluding hydrogens is 450 g/mol. The quantitative estimate of drug-likeness (QED) is 0.260. The predicted molar refractivity (Wildman–Crippen MR) is 119 cm³/mol. The van der Waals surface area contributed by atoms with Gasteiger partial charge < -0.3 is 9.64 Å². The smallest absolute Gasteiger partial charge is 0.311 e. The molecule has 1 fully saturated rings. The van der Waals surface area contributed by atoms with Crippen molar-refractivity contribution in [2.24, 2.45) is 0 Å². The molecule has 2 aromatic rings. The minimum absolute atomic E-state index is 0.0402. The maximum atomic E-state index is 13.0. The lowest BCUT2D eigenvalue weighted by Crippen LogP contribution is -2.50. The van der Waals surface area contributed by atoms with Crippen LogP contribution in [0.4, 0.5) is 5.69 Å². The van der Waals surface area contributed by atoms with Gasteiger partial charge in [-0.2, -0.15) is 4.31 Å². The van der Waals surface area contributed by atoms with Gasteiger partial charge in [0.2, 0.25) is 15.9 Å². The molecular formula is C22H25N3O7S. The molecule has 0 N–H and O–H groups in total. The summed E-state index contributed by atoms with van der Waals surface area (Å²) in [4.78, 5) is 36.3. The molecule has 33 heavy (non-hydrogen) atoms. The lowest BCUT2D eigenvalue weighted by molar-refractivity contribution is -0.385. The SMILES string of the molecule is Cc1ccc(OC(=O)CCC(=O)N2CCN(S(=O)(=O)c3cc([N+](=O)[O-])ccc3C)CC2)cc1. The summed E-state index contributed by atoms with van der Waals surface area (Å²) >= 11 is 0. The van der Waals surface area contributed by atoms with Gasteiger partial charge in [-0.3, -0.25) is 19.7 Å². The Kier molecular flexibility index (Phi) is 7.44. The minimum Gasteiger partial charge on any atom is -0.427 e. The van der Waals surface area contributed by atoms with Crippen molar-refractivity contribution in [2.75, 3.05) is 26.2 Å². The lowest BCUT2D eigenvalue weighted by Gasteiger charge is -2.34. The number of nitro groups is 1. The molecule has 0 saturated carbocycles. The Hall–Kier alpha value is -3.31. The molecule has 0 atom stereocenters. The molecule has 1 heterocycles. The number of hydrogen-bond acceptors (Lipinski definition) is 7. The number of sulfonamides is 1. The van der Waals surface area contributed by atoms with Crippen LogP contribution >= 0.6 is 0 Å². The first-order valence-electron chi connectivity index (χ1n) is 10.4. The number of hydrogen-bond donors (Lipinski definition) is 0. The standard InChI is InChI=1S/C22H25N3O7S/c1-16-3-7-19(8-4-16)32-22(27)10-9-21(26)23-11-13-24(14-12-23)33(30,31)20-15-18(25(28)29)6-5-17(20)2/h3-8,15H,9-14H2,1-2H3. The Morgan fingerprint density at radius 1 is 1.00 bits per heavy atom. The second-order valence-corrected chi connectivity index (χ2v) is 9.69. The largest absolute Gasteiger partial charge is 0.427 e. The van der Waals surface area contributed by atoms with Gasteiger partial charge in [0, 0.05) is 44.7 Å². The summed E-state index contributed by atoms with van der Waals surface area (Å²) in [6.07, 6.45) is -0.125. The summed E-state index contributed by atoms with van der Waals surface area (Å²) in [5.74, 6) is -0.373. The molecule has 0 aromatic heterocycles. The van der Waals surface area contributed by atoms with Crippen LogP contribution in [-0.2, 0) is 19.6 Å². The second-order valence-electron chi connectivity index (χ2n) is 7.78. The van der Waals surface area contributed by atoms with E-state index in [9.17, 15) is 28.1 Å². The highest BCUT2D eigenvalue weighted by atomic mass is 32.2. The number of non-ortho nitro benzene ring substituents is 1. The van der Waals surface area contributed by atoms with Gasteiger partial charge in [-0.15, -0.1) is 0 Å². The van der Waals surface area contributed by atoms with Crippen LogP contribution in [0.2, 0.25) is 0 Å².